The summed E-state index contributed by atoms with van der Waals surface area (Å²) in [4.78, 5) is 4.82. The van der Waals surface area contributed by atoms with Gasteiger partial charge in [0.2, 0.25) is 7.14 Å². The van der Waals surface area contributed by atoms with Crippen LogP contribution >= 0.6 is 0 Å². The van der Waals surface area contributed by atoms with E-state index >= 15 is 0 Å². The molecule has 0 unspecified atom stereocenters. The fourth-order valence-corrected chi connectivity index (χ4v) is 5.09. The third kappa shape index (κ3) is 3.77. The fraction of sp³-hybridized carbons (Fsp3) is 0.0625. The predicted octanol–water partition coefficient (Wildman–Crippen LogP) is 0.395. The first-order valence-electron chi connectivity index (χ1n) is 6.83. The van der Waals surface area contributed by atoms with Crippen molar-refractivity contribution < 1.29 is 47.3 Å². The molecule has 2 heterocycles. The molecule has 4 rings (SSSR count). The summed E-state index contributed by atoms with van der Waals surface area (Å²) in [6, 6.07) is 19.4. The van der Waals surface area contributed by atoms with Gasteiger partial charge in [-0.05, 0) is 18.2 Å². The van der Waals surface area contributed by atoms with Crippen molar-refractivity contribution >= 4 is 21.0 Å². The molecule has 0 fully saturated rings. The Morgan fingerprint density at radius 3 is 2.24 bits per heavy atom. The number of hydrogen-bond donors (Lipinski definition) is 0. The summed E-state index contributed by atoms with van der Waals surface area (Å²) in [7, 11) is -6.09. The van der Waals surface area contributed by atoms with Crippen molar-refractivity contribution in [3.63, 3.8) is 0 Å². The van der Waals surface area contributed by atoms with E-state index in [1.165, 1.54) is 23.8 Å². The Hall–Kier alpha value is -1.72. The highest BCUT2D eigenvalue weighted by molar-refractivity contribution is 7.86. The third-order valence-electron chi connectivity index (χ3n) is 3.29. The van der Waals surface area contributed by atoms with Crippen molar-refractivity contribution in [3.05, 3.63) is 61.7 Å². The molecule has 1 aliphatic heterocycles. The van der Waals surface area contributed by atoms with Gasteiger partial charge in [-0.2, -0.15) is 13.2 Å². The highest BCUT2D eigenvalue weighted by Gasteiger charge is 2.37. The first-order chi connectivity index (χ1) is 11.7. The van der Waals surface area contributed by atoms with E-state index < -0.39 is 15.6 Å². The van der Waals surface area contributed by atoms with Crippen molar-refractivity contribution in [3.8, 4) is 11.3 Å². The number of benzene rings is 2. The lowest BCUT2D eigenvalue weighted by molar-refractivity contribution is -0.589. The van der Waals surface area contributed by atoms with Crippen molar-refractivity contribution in [2.45, 2.75) is 5.51 Å². The van der Waals surface area contributed by atoms with E-state index in [1.54, 1.807) is 0 Å². The van der Waals surface area contributed by atoms with Gasteiger partial charge < -0.3 is 4.55 Å². The number of nitrogens with zero attached hydrogens (tertiary/aromatic N) is 1. The summed E-state index contributed by atoms with van der Waals surface area (Å²) >= 11 is -0.0346. The van der Waals surface area contributed by atoms with E-state index in [1.807, 2.05) is 0 Å². The molecule has 25 heavy (non-hydrogen) atoms. The van der Waals surface area contributed by atoms with Gasteiger partial charge in [0, 0.05) is 11.5 Å². The summed E-state index contributed by atoms with van der Waals surface area (Å²) in [5.41, 5.74) is -1.98. The zero-order valence-electron chi connectivity index (χ0n) is 12.3. The van der Waals surface area contributed by atoms with E-state index in [9.17, 15) is 13.2 Å². The standard InChI is InChI=1S/C15H9IN.CHF3O3S/c1-4-8-14-10(5-1)9-13-15(17-14)11-6-2-3-7-12(11)16-13;2-1(3,4)8(5,6)7/h1-9H;(H,5,6,7)/q+1;/p-1. The monoisotopic (exact) mass is 479 g/mol. The molecule has 0 saturated carbocycles. The number of rotatable bonds is 0. The van der Waals surface area contributed by atoms with Crippen molar-refractivity contribution in [1.82, 2.24) is 4.98 Å². The molecule has 9 heteroatoms. The zero-order valence-corrected chi connectivity index (χ0v) is 15.3. The van der Waals surface area contributed by atoms with E-state index in [4.69, 9.17) is 18.0 Å². The smallest absolute Gasteiger partial charge is 0.485 e. The highest BCUT2D eigenvalue weighted by atomic mass is 127. The minimum atomic E-state index is -6.09. The number of para-hydroxylation sites is 1. The molecule has 0 bridgehead atoms. The minimum absolute atomic E-state index is 0.0346. The van der Waals surface area contributed by atoms with Crippen LogP contribution in [0.5, 0.6) is 0 Å². The SMILES string of the molecule is O=S(=O)([O-])C(F)(F)F.c1ccc2c(c1)[I+]c1cc3ccccc3nc1-2. The Morgan fingerprint density at radius 1 is 0.960 bits per heavy atom. The molecule has 3 aromatic rings. The first kappa shape index (κ1) is 18.1. The maximum absolute atomic E-state index is 10.7. The maximum Gasteiger partial charge on any atom is 0.485 e. The third-order valence-corrected chi connectivity index (χ3v) is 6.79. The largest absolute Gasteiger partial charge is 0.741 e. The normalized spacial score (nSPS) is 13.0. The predicted molar refractivity (Wildman–Crippen MR) is 80.3 cm³/mol. The van der Waals surface area contributed by atoms with Gasteiger partial charge in [0.1, 0.15) is 5.69 Å². The van der Waals surface area contributed by atoms with Gasteiger partial charge in [-0.15, -0.1) is 0 Å². The Kier molecular flexibility index (Phi) is 4.73. The van der Waals surface area contributed by atoms with Crippen LogP contribution in [-0.4, -0.2) is 23.5 Å². The van der Waals surface area contributed by atoms with Gasteiger partial charge in [0.05, 0.1) is 11.1 Å². The Balaban J connectivity index is 0.000000197. The average molecular weight is 479 g/mol. The number of aromatic nitrogens is 1. The molecular weight excluding hydrogens is 470 g/mol. The van der Waals surface area contributed by atoms with Crippen LogP contribution in [-0.2, 0) is 10.1 Å². The average Bonchev–Trinajstić information content (AvgIpc) is 2.89. The molecule has 4 nitrogen and oxygen atoms in total. The summed E-state index contributed by atoms with van der Waals surface area (Å²) in [6.07, 6.45) is 0. The molecule has 1 aromatic heterocycles. The molecule has 0 N–H and O–H groups in total. The van der Waals surface area contributed by atoms with E-state index in [0.29, 0.717) is 0 Å². The van der Waals surface area contributed by atoms with E-state index in [-0.39, 0.29) is 21.2 Å². The minimum Gasteiger partial charge on any atom is -0.741 e. The summed E-state index contributed by atoms with van der Waals surface area (Å²) in [5, 5.41) is 1.26. The molecular formula is C16H9F3INO3S. The molecule has 0 atom stereocenters. The molecule has 2 aromatic carbocycles. The van der Waals surface area contributed by atoms with Gasteiger partial charge >= 0.3 is 26.7 Å². The van der Waals surface area contributed by atoms with Crippen LogP contribution < -0.4 is 21.2 Å². The van der Waals surface area contributed by atoms with Crippen LogP contribution in [0.3, 0.4) is 0 Å². The molecule has 0 spiro atoms. The van der Waals surface area contributed by atoms with Gasteiger partial charge in [0.15, 0.2) is 10.1 Å². The number of hydrogen-bond acceptors (Lipinski definition) is 4. The topological polar surface area (TPSA) is 70.1 Å². The van der Waals surface area contributed by atoms with Crippen LogP contribution in [0, 0.1) is 7.14 Å². The van der Waals surface area contributed by atoms with E-state index in [0.717, 1.165) is 5.52 Å². The van der Waals surface area contributed by atoms with Crippen molar-refractivity contribution in [2.24, 2.45) is 0 Å². The molecule has 0 saturated heterocycles. The van der Waals surface area contributed by atoms with Crippen LogP contribution in [0.2, 0.25) is 0 Å². The Labute approximate surface area is 151 Å². The summed E-state index contributed by atoms with van der Waals surface area (Å²) in [6.45, 7) is 0. The van der Waals surface area contributed by atoms with Crippen LogP contribution in [0.25, 0.3) is 22.2 Å². The second-order valence-electron chi connectivity index (χ2n) is 4.99. The zero-order chi connectivity index (χ0) is 18.2. The van der Waals surface area contributed by atoms with E-state index in [2.05, 4.69) is 54.6 Å². The molecule has 130 valence electrons. The lowest BCUT2D eigenvalue weighted by Crippen LogP contribution is -3.61. The second kappa shape index (κ2) is 6.54. The second-order valence-corrected chi connectivity index (χ2v) is 9.22. The van der Waals surface area contributed by atoms with Crippen molar-refractivity contribution in [1.29, 1.82) is 0 Å². The summed E-state index contributed by atoms with van der Waals surface area (Å²) in [5.74, 6) is 0. The first-order valence-corrected chi connectivity index (χ1v) is 10.4. The number of halogens is 4. The molecule has 0 aliphatic carbocycles. The fourth-order valence-electron chi connectivity index (χ4n) is 2.20. The molecule has 1 aliphatic rings. The number of alkyl halides is 3. The summed E-state index contributed by atoms with van der Waals surface area (Å²) < 4.78 is 61.9. The molecule has 0 amide bonds. The Bertz CT molecular complexity index is 1050. The lowest BCUT2D eigenvalue weighted by atomic mass is 10.1. The molecule has 0 radical (unpaired) electrons. The van der Waals surface area contributed by atoms with Gasteiger partial charge in [-0.1, -0.05) is 30.3 Å². The maximum atomic E-state index is 10.7. The highest BCUT2D eigenvalue weighted by Crippen LogP contribution is 2.23. The number of fused-ring (bicyclic) bond motifs is 4. The quantitative estimate of drug-likeness (QED) is 0.208. The number of pyridine rings is 1. The van der Waals surface area contributed by atoms with Gasteiger partial charge in [-0.25, -0.2) is 13.4 Å². The van der Waals surface area contributed by atoms with Gasteiger partial charge in [0.25, 0.3) is 0 Å². The van der Waals surface area contributed by atoms with Crippen LogP contribution in [0.4, 0.5) is 13.2 Å². The lowest BCUT2D eigenvalue weighted by Gasteiger charge is -2.08. The van der Waals surface area contributed by atoms with Crippen molar-refractivity contribution in [2.75, 3.05) is 0 Å². The Morgan fingerprint density at radius 2 is 1.56 bits per heavy atom. The van der Waals surface area contributed by atoms with Crippen LogP contribution in [0.15, 0.2) is 54.6 Å². The van der Waals surface area contributed by atoms with Crippen LogP contribution in [0.1, 0.15) is 0 Å². The van der Waals surface area contributed by atoms with Gasteiger partial charge in [-0.3, -0.25) is 0 Å².